The topological polar surface area (TPSA) is 213 Å². The Kier molecular flexibility index (Phi) is 61.7. The third-order valence-corrected chi connectivity index (χ3v) is 12.7. The molecule has 8 heterocycles. The van der Waals surface area contributed by atoms with E-state index in [0.717, 1.165) is 67.7 Å². The first-order valence-electron chi connectivity index (χ1n) is 30.6. The molecule has 16 nitrogen and oxygen atoms in total. The Balaban J connectivity index is 0. The molecule has 0 amide bonds. The van der Waals surface area contributed by atoms with E-state index < -0.39 is 0 Å². The van der Waals surface area contributed by atoms with E-state index in [4.69, 9.17) is 33.3 Å². The maximum absolute atomic E-state index is 12.6. The molecular weight excluding hydrogens is 2460 g/mol. The van der Waals surface area contributed by atoms with Crippen LogP contribution in [0, 0.1) is 71.9 Å². The van der Waals surface area contributed by atoms with Crippen LogP contribution in [0.3, 0.4) is 0 Å². The predicted octanol–water partition coefficient (Wildman–Crippen LogP) is 17.8. The zero-order chi connectivity index (χ0) is 74.6. The molecule has 0 saturated heterocycles. The van der Waals surface area contributed by atoms with E-state index in [-0.39, 0.29) is 106 Å². The molecule has 0 unspecified atom stereocenters. The van der Waals surface area contributed by atoms with Crippen molar-refractivity contribution in [1.29, 1.82) is 10.5 Å². The SMILES string of the molecule is Fc1c[c-]c(-c2ccccn2)cc1.[C-]#N.[C-]#N.[CH-]=O.[CH-]=O.[Cl][Ir+2].[Ir+3].[Ir].[Ir].[Ir].[Ir].[c-]1cccc(-c2ccccc2)c1-c1ccccn1.[c-]1ccccc1-c1ccccn1.[c-]1ccccc1-c1ccccn1.[c-]1ccccc1-n1cccn1.[c-]1ccccc1-n1cccn1.[c-]1ccccc1-n1cncn1.c1ccncc1. The number of rotatable bonds is 8. The van der Waals surface area contributed by atoms with Crippen LogP contribution in [0.1, 0.15) is 0 Å². The predicted molar refractivity (Wildman–Crippen MR) is 398 cm³/mol. The van der Waals surface area contributed by atoms with Crippen molar-refractivity contribution in [3.05, 3.63) is 427 Å². The summed E-state index contributed by atoms with van der Waals surface area (Å²) in [6.07, 6.45) is 21.0. The molecule has 0 atom stereocenters. The van der Waals surface area contributed by atoms with Gasteiger partial charge in [0.05, 0.1) is 0 Å². The van der Waals surface area contributed by atoms with Gasteiger partial charge in [-0.05, 0) is 88.4 Å². The molecule has 558 valence electrons. The van der Waals surface area contributed by atoms with Gasteiger partial charge in [0.2, 0.25) is 0 Å². The molecular formula is C85H62ClFIr6N14O2-6. The average molecular weight is 2520 g/mol. The number of benzene rings is 8. The molecule has 24 heteroatoms. The summed E-state index contributed by atoms with van der Waals surface area (Å²) in [7, 11) is 4.64. The Hall–Kier alpha value is -10.5. The van der Waals surface area contributed by atoms with Crippen LogP contribution in [-0.4, -0.2) is 72.8 Å². The van der Waals surface area contributed by atoms with Crippen LogP contribution in [-0.2, 0) is 128 Å². The van der Waals surface area contributed by atoms with Crippen molar-refractivity contribution in [1.82, 2.24) is 59.2 Å². The van der Waals surface area contributed by atoms with Gasteiger partial charge in [0.15, 0.2) is 0 Å². The third kappa shape index (κ3) is 39.8. The molecule has 0 aliphatic rings. The standard InChI is InChI=1S/C17H12N.C11H7FN.2C11H8N.2C9H7N2.C8H6N3.C5H5N.2CN.2CHO.ClH.6Ir/c1-2-8-14(9-3-1)15-10-4-5-11-16(15)17-12-6-7-13-18-17;12-10-6-4-9(5-7-10)11-3-1-2-8-13-11;2*1-2-6-10(7-3-1)11-8-4-5-9-12-11;2*1-2-5-9(6-3-1)11-8-4-7-10-11;1-2-4-8(5-3-1)11-7-9-6-10-11;1-2-4-6-5-3-1;4*1-2;;;;;;;/h1-10,12-13H;1-4,6-8H;2*1-6,8-9H;2*1-5,7-8H;1-4,6-7H;1-5H;;;2*1H;1H;;;;;;/q7*-1;;4*-1;;;;;;2*+3/p-1. The van der Waals surface area contributed by atoms with Gasteiger partial charge in [-0.25, -0.2) is 9.67 Å². The van der Waals surface area contributed by atoms with Crippen LogP contribution >= 0.6 is 9.58 Å². The molecule has 16 aromatic rings. The van der Waals surface area contributed by atoms with Crippen LogP contribution in [0.15, 0.2) is 366 Å². The Morgan fingerprint density at radius 3 is 1.04 bits per heavy atom. The number of hydrogen-bond donors (Lipinski definition) is 0. The summed E-state index contributed by atoms with van der Waals surface area (Å²) in [6.45, 7) is 16.0. The van der Waals surface area contributed by atoms with Crippen molar-refractivity contribution in [2.75, 3.05) is 0 Å². The van der Waals surface area contributed by atoms with Gasteiger partial charge < -0.3 is 53.2 Å². The van der Waals surface area contributed by atoms with Gasteiger partial charge in [-0.3, -0.25) is 32.3 Å². The van der Waals surface area contributed by atoms with E-state index in [0.29, 0.717) is 0 Å². The van der Waals surface area contributed by atoms with Gasteiger partial charge >= 0.3 is 47.6 Å². The summed E-state index contributed by atoms with van der Waals surface area (Å²) in [6, 6.07) is 114. The number of carbonyl (C=O) groups excluding carboxylic acids is 2. The third-order valence-electron chi connectivity index (χ3n) is 12.7. The minimum absolute atomic E-state index is 0. The summed E-state index contributed by atoms with van der Waals surface area (Å²) in [4.78, 5) is 40.1. The fourth-order valence-corrected chi connectivity index (χ4v) is 8.30. The molecule has 0 fully saturated rings. The van der Waals surface area contributed by atoms with Crippen LogP contribution in [0.4, 0.5) is 4.39 Å². The van der Waals surface area contributed by atoms with E-state index in [1.165, 1.54) is 41.9 Å². The number of hydrogen-bond acceptors (Lipinski definition) is 13. The molecule has 109 heavy (non-hydrogen) atoms. The van der Waals surface area contributed by atoms with Crippen LogP contribution in [0.25, 0.3) is 73.2 Å². The van der Waals surface area contributed by atoms with E-state index in [9.17, 15) is 4.39 Å². The van der Waals surface area contributed by atoms with Crippen molar-refractivity contribution >= 4 is 23.2 Å². The summed E-state index contributed by atoms with van der Waals surface area (Å²) in [5, 5.41) is 24.6. The van der Waals surface area contributed by atoms with Gasteiger partial charge in [-0.2, -0.15) is 88.1 Å². The van der Waals surface area contributed by atoms with Crippen LogP contribution < -0.4 is 0 Å². The summed E-state index contributed by atoms with van der Waals surface area (Å²) in [5.74, 6) is -0.278. The molecule has 0 aliphatic carbocycles. The van der Waals surface area contributed by atoms with Crippen molar-refractivity contribution < 1.29 is 132 Å². The zero-order valence-corrected chi connectivity index (χ0v) is 72.3. The van der Waals surface area contributed by atoms with Crippen molar-refractivity contribution in [3.63, 3.8) is 0 Å². The smallest absolute Gasteiger partial charge is 0.305 e. The largest absolute Gasteiger partial charge is 3.00 e. The second-order valence-corrected chi connectivity index (χ2v) is 19.2. The van der Waals surface area contributed by atoms with Gasteiger partial charge in [0, 0.05) is 148 Å². The fourth-order valence-electron chi connectivity index (χ4n) is 8.30. The van der Waals surface area contributed by atoms with Crippen molar-refractivity contribution in [2.45, 2.75) is 0 Å². The van der Waals surface area contributed by atoms with Gasteiger partial charge in [-0.15, -0.1) is 150 Å². The fraction of sp³-hybridized carbons (Fsp3) is 0. The molecule has 4 radical (unpaired) electrons. The quantitative estimate of drug-likeness (QED) is 0.102. The molecule has 0 N–H and O–H groups in total. The number of pyridine rings is 5. The minimum Gasteiger partial charge on any atom is -0.305 e. The normalized spacial score (nSPS) is 8.58. The van der Waals surface area contributed by atoms with Crippen LogP contribution in [0.2, 0.25) is 0 Å². The Labute approximate surface area is 718 Å². The zero-order valence-electron chi connectivity index (χ0n) is 57.1. The second kappa shape index (κ2) is 66.9. The van der Waals surface area contributed by atoms with Gasteiger partial charge in [-0.1, -0.05) is 96.1 Å². The first-order valence-corrected chi connectivity index (χ1v) is 33.6. The second-order valence-electron chi connectivity index (χ2n) is 19.2. The maximum Gasteiger partial charge on any atom is 3.00 e. The maximum atomic E-state index is 12.6. The summed E-state index contributed by atoms with van der Waals surface area (Å²) in [5.41, 5.74) is 12.8. The molecule has 0 spiro atoms. The molecule has 0 bridgehead atoms. The first-order chi connectivity index (χ1) is 51.6. The number of halogens is 2. The van der Waals surface area contributed by atoms with Gasteiger partial charge in [0.1, 0.15) is 12.7 Å². The van der Waals surface area contributed by atoms with Gasteiger partial charge in [0.25, 0.3) is 0 Å². The van der Waals surface area contributed by atoms with Crippen molar-refractivity contribution in [3.8, 4) is 73.2 Å². The summed E-state index contributed by atoms with van der Waals surface area (Å²) < 4.78 is 17.8. The average Bonchev–Trinajstić information content (AvgIpc) is 1.63. The first kappa shape index (κ1) is 101. The van der Waals surface area contributed by atoms with E-state index >= 15 is 0 Å². The van der Waals surface area contributed by atoms with E-state index in [1.54, 1.807) is 69.8 Å². The van der Waals surface area contributed by atoms with Crippen molar-refractivity contribution in [2.24, 2.45) is 0 Å². The molecule has 16 rings (SSSR count). The Morgan fingerprint density at radius 1 is 0.349 bits per heavy atom. The minimum atomic E-state index is -0.278. The monoisotopic (exact) mass is 2520 g/mol. The number of nitrogens with zero attached hydrogens (tertiary/aromatic N) is 14. The van der Waals surface area contributed by atoms with E-state index in [1.807, 2.05) is 273 Å². The molecule has 0 aliphatic heterocycles. The number of para-hydroxylation sites is 3. The van der Waals surface area contributed by atoms with Crippen LogP contribution in [0.5, 0.6) is 0 Å². The molecule has 8 aromatic heterocycles. The molecule has 0 saturated carbocycles. The summed E-state index contributed by atoms with van der Waals surface area (Å²) >= 11 is 1.47. The molecule has 8 aromatic carbocycles. The van der Waals surface area contributed by atoms with E-state index in [2.05, 4.69) is 129 Å². The number of aromatic nitrogens is 12. The Morgan fingerprint density at radius 2 is 0.716 bits per heavy atom. The Bertz CT molecular complexity index is 4260.